The molecule has 0 saturated carbocycles. The van der Waals surface area contributed by atoms with E-state index in [4.69, 9.17) is 19.2 Å². The van der Waals surface area contributed by atoms with Crippen LogP contribution in [0.15, 0.2) is 48.5 Å². The predicted octanol–water partition coefficient (Wildman–Crippen LogP) is 4.84. The van der Waals surface area contributed by atoms with Gasteiger partial charge in [0.15, 0.2) is 0 Å². The first-order valence-electron chi connectivity index (χ1n) is 8.87. The summed E-state index contributed by atoms with van der Waals surface area (Å²) in [6.45, 7) is 3.98. The zero-order chi connectivity index (χ0) is 20.3. The third kappa shape index (κ3) is 3.83. The molecule has 1 aromatic heterocycles. The molecule has 0 unspecified atom stereocenters. The molecule has 0 bridgehead atoms. The highest BCUT2D eigenvalue weighted by Gasteiger charge is 2.15. The Morgan fingerprint density at radius 1 is 0.750 bits per heavy atom. The van der Waals surface area contributed by atoms with Gasteiger partial charge in [0.05, 0.1) is 38.3 Å². The molecule has 0 fully saturated rings. The number of carbonyl (C=O) groups is 1. The van der Waals surface area contributed by atoms with E-state index in [0.717, 1.165) is 33.8 Å². The molecule has 3 rings (SSSR count). The first-order valence-corrected chi connectivity index (χ1v) is 8.87. The van der Waals surface area contributed by atoms with Crippen molar-refractivity contribution >= 4 is 5.97 Å². The molecule has 1 heterocycles. The number of carbonyl (C=O) groups excluding carboxylic acids is 1. The number of rotatable bonds is 5. The largest absolute Gasteiger partial charge is 0.497 e. The van der Waals surface area contributed by atoms with Crippen molar-refractivity contribution in [1.82, 2.24) is 4.98 Å². The monoisotopic (exact) mass is 377 g/mol. The average Bonchev–Trinajstić information content (AvgIpc) is 2.72. The number of ether oxygens (including phenoxy) is 3. The molecule has 28 heavy (non-hydrogen) atoms. The number of aromatic nitrogens is 1. The second-order valence-corrected chi connectivity index (χ2v) is 6.48. The van der Waals surface area contributed by atoms with E-state index in [1.54, 1.807) is 26.4 Å². The average molecular weight is 377 g/mol. The Hall–Kier alpha value is -3.34. The zero-order valence-corrected chi connectivity index (χ0v) is 16.7. The lowest BCUT2D eigenvalue weighted by Crippen LogP contribution is -2.04. The summed E-state index contributed by atoms with van der Waals surface area (Å²) in [5.74, 6) is 1.15. The van der Waals surface area contributed by atoms with Gasteiger partial charge in [0.2, 0.25) is 0 Å². The van der Waals surface area contributed by atoms with E-state index < -0.39 is 5.97 Å². The molecule has 0 saturated heterocycles. The van der Waals surface area contributed by atoms with Crippen LogP contribution >= 0.6 is 0 Å². The number of hydrogen-bond acceptors (Lipinski definition) is 5. The summed E-state index contributed by atoms with van der Waals surface area (Å²) in [6, 6.07) is 15.1. The third-order valence-corrected chi connectivity index (χ3v) is 4.67. The van der Waals surface area contributed by atoms with Crippen molar-refractivity contribution in [3.8, 4) is 34.0 Å². The van der Waals surface area contributed by atoms with Crippen molar-refractivity contribution in [3.63, 3.8) is 0 Å². The molecule has 0 N–H and O–H groups in total. The Labute approximate surface area is 164 Å². The molecule has 0 aliphatic heterocycles. The maximum Gasteiger partial charge on any atom is 0.338 e. The van der Waals surface area contributed by atoms with E-state index >= 15 is 0 Å². The normalized spacial score (nSPS) is 10.5. The lowest BCUT2D eigenvalue weighted by Gasteiger charge is -2.13. The van der Waals surface area contributed by atoms with Gasteiger partial charge in [-0.2, -0.15) is 0 Å². The Bertz CT molecular complexity index is 955. The molecule has 0 aliphatic carbocycles. The van der Waals surface area contributed by atoms with Crippen LogP contribution in [0, 0.1) is 13.8 Å². The summed E-state index contributed by atoms with van der Waals surface area (Å²) in [5, 5.41) is 0. The van der Waals surface area contributed by atoms with Crippen molar-refractivity contribution in [2.45, 2.75) is 13.8 Å². The third-order valence-electron chi connectivity index (χ3n) is 4.67. The number of benzene rings is 2. The van der Waals surface area contributed by atoms with Gasteiger partial charge in [-0.1, -0.05) is 0 Å². The lowest BCUT2D eigenvalue weighted by molar-refractivity contribution is 0.0600. The van der Waals surface area contributed by atoms with Crippen molar-refractivity contribution in [3.05, 3.63) is 65.2 Å². The van der Waals surface area contributed by atoms with Crippen molar-refractivity contribution in [2.24, 2.45) is 0 Å². The van der Waals surface area contributed by atoms with E-state index in [9.17, 15) is 4.79 Å². The van der Waals surface area contributed by atoms with Crippen molar-refractivity contribution < 1.29 is 19.0 Å². The molecular weight excluding hydrogens is 354 g/mol. The van der Waals surface area contributed by atoms with Crippen LogP contribution in [0.4, 0.5) is 0 Å². The molecule has 144 valence electrons. The van der Waals surface area contributed by atoms with Gasteiger partial charge in [-0.15, -0.1) is 0 Å². The zero-order valence-electron chi connectivity index (χ0n) is 16.7. The smallest absolute Gasteiger partial charge is 0.338 e. The van der Waals surface area contributed by atoms with Crippen LogP contribution in [0.5, 0.6) is 11.5 Å². The van der Waals surface area contributed by atoms with Gasteiger partial charge in [0.1, 0.15) is 11.5 Å². The van der Waals surface area contributed by atoms with Gasteiger partial charge in [-0.25, -0.2) is 9.78 Å². The van der Waals surface area contributed by atoms with Crippen molar-refractivity contribution in [1.29, 1.82) is 0 Å². The number of aryl methyl sites for hydroxylation is 2. The van der Waals surface area contributed by atoms with E-state index in [1.807, 2.05) is 50.2 Å². The van der Waals surface area contributed by atoms with Crippen LogP contribution in [0.3, 0.4) is 0 Å². The van der Waals surface area contributed by atoms with E-state index in [0.29, 0.717) is 17.0 Å². The minimum Gasteiger partial charge on any atom is -0.497 e. The second kappa shape index (κ2) is 8.13. The van der Waals surface area contributed by atoms with E-state index in [1.165, 1.54) is 7.11 Å². The molecule has 2 aromatic carbocycles. The number of hydrogen-bond donors (Lipinski definition) is 0. The molecule has 5 heteroatoms. The minimum absolute atomic E-state index is 0.401. The van der Waals surface area contributed by atoms with Gasteiger partial charge in [0, 0.05) is 11.1 Å². The first-order chi connectivity index (χ1) is 13.5. The quantitative estimate of drug-likeness (QED) is 0.596. The molecule has 0 atom stereocenters. The molecule has 5 nitrogen and oxygen atoms in total. The van der Waals surface area contributed by atoms with Crippen LogP contribution in [0.1, 0.15) is 21.5 Å². The summed E-state index contributed by atoms with van der Waals surface area (Å²) >= 11 is 0. The fourth-order valence-corrected chi connectivity index (χ4v) is 3.14. The second-order valence-electron chi connectivity index (χ2n) is 6.48. The Kier molecular flexibility index (Phi) is 5.64. The standard InChI is InChI=1S/C23H23NO4/c1-14-10-17(26-3)6-8-19(14)21-12-16(23(25)28-5)13-22(24-21)20-9-7-18(27-4)11-15(20)2/h6-13H,1-5H3. The SMILES string of the molecule is COC(=O)c1cc(-c2ccc(OC)cc2C)nc(-c2ccc(OC)cc2C)c1. The fraction of sp³-hybridized carbons (Fsp3) is 0.217. The van der Waals surface area contributed by atoms with Crippen LogP contribution < -0.4 is 9.47 Å². The first kappa shape index (κ1) is 19.4. The summed E-state index contributed by atoms with van der Waals surface area (Å²) in [4.78, 5) is 17.1. The molecule has 0 amide bonds. The van der Waals surface area contributed by atoms with E-state index in [2.05, 4.69) is 0 Å². The van der Waals surface area contributed by atoms with Gasteiger partial charge in [-0.3, -0.25) is 0 Å². The molecule has 0 aliphatic rings. The maximum absolute atomic E-state index is 12.3. The van der Waals surface area contributed by atoms with Gasteiger partial charge >= 0.3 is 5.97 Å². The highest BCUT2D eigenvalue weighted by Crippen LogP contribution is 2.31. The summed E-state index contributed by atoms with van der Waals surface area (Å²) in [5.41, 5.74) is 5.73. The van der Waals surface area contributed by atoms with Crippen LogP contribution in [-0.4, -0.2) is 32.3 Å². The van der Waals surface area contributed by atoms with Gasteiger partial charge in [-0.05, 0) is 73.5 Å². The molecule has 0 radical (unpaired) electrons. The summed E-state index contributed by atoms with van der Waals surface area (Å²) < 4.78 is 15.5. The highest BCUT2D eigenvalue weighted by atomic mass is 16.5. The number of esters is 1. The van der Waals surface area contributed by atoms with Crippen LogP contribution in [-0.2, 0) is 4.74 Å². The number of nitrogens with zero attached hydrogens (tertiary/aromatic N) is 1. The van der Waals surface area contributed by atoms with Crippen LogP contribution in [0.25, 0.3) is 22.5 Å². The maximum atomic E-state index is 12.3. The summed E-state index contributed by atoms with van der Waals surface area (Å²) in [7, 11) is 4.64. The molecule has 0 spiro atoms. The Morgan fingerprint density at radius 2 is 1.21 bits per heavy atom. The fourth-order valence-electron chi connectivity index (χ4n) is 3.14. The number of methoxy groups -OCH3 is 3. The molecule has 3 aromatic rings. The van der Waals surface area contributed by atoms with Crippen molar-refractivity contribution in [2.75, 3.05) is 21.3 Å². The lowest BCUT2D eigenvalue weighted by atomic mass is 9.99. The number of pyridine rings is 1. The van der Waals surface area contributed by atoms with Gasteiger partial charge < -0.3 is 14.2 Å². The predicted molar refractivity (Wildman–Crippen MR) is 109 cm³/mol. The van der Waals surface area contributed by atoms with E-state index in [-0.39, 0.29) is 0 Å². The molecular formula is C23H23NO4. The van der Waals surface area contributed by atoms with Crippen LogP contribution in [0.2, 0.25) is 0 Å². The van der Waals surface area contributed by atoms with Gasteiger partial charge in [0.25, 0.3) is 0 Å². The Balaban J connectivity index is 2.19. The minimum atomic E-state index is -0.401. The highest BCUT2D eigenvalue weighted by molar-refractivity contribution is 5.92. The summed E-state index contributed by atoms with van der Waals surface area (Å²) in [6.07, 6.45) is 0. The topological polar surface area (TPSA) is 57.7 Å². The Morgan fingerprint density at radius 3 is 1.57 bits per heavy atom.